The zero-order valence-electron chi connectivity index (χ0n) is 17.2. The number of benzene rings is 2. The zero-order valence-corrected chi connectivity index (χ0v) is 17.2. The number of oxazole rings is 1. The Hall–Kier alpha value is -3.61. The minimum absolute atomic E-state index is 0.0618. The van der Waals surface area contributed by atoms with Crippen LogP contribution >= 0.6 is 0 Å². The minimum Gasteiger partial charge on any atom is -0.497 e. The van der Waals surface area contributed by atoms with Gasteiger partial charge in [0.2, 0.25) is 5.89 Å². The summed E-state index contributed by atoms with van der Waals surface area (Å²) in [6, 6.07) is 16.9. The fourth-order valence-electron chi connectivity index (χ4n) is 2.83. The molecule has 3 aromatic rings. The number of rotatable bonds is 8. The summed E-state index contributed by atoms with van der Waals surface area (Å²) in [7, 11) is 1.61. The van der Waals surface area contributed by atoms with Crippen LogP contribution in [0.25, 0.3) is 11.5 Å². The van der Waals surface area contributed by atoms with Crippen LogP contribution in [-0.4, -0.2) is 36.6 Å². The third kappa shape index (κ3) is 5.26. The Morgan fingerprint density at radius 2 is 1.80 bits per heavy atom. The Bertz CT molecular complexity index is 996. The molecule has 1 amide bonds. The largest absolute Gasteiger partial charge is 0.497 e. The number of carbonyl (C=O) groups excluding carboxylic acids is 2. The Morgan fingerprint density at radius 3 is 2.47 bits per heavy atom. The molecule has 0 unspecified atom stereocenters. The first-order valence-corrected chi connectivity index (χ1v) is 9.62. The van der Waals surface area contributed by atoms with Gasteiger partial charge in [0.25, 0.3) is 5.91 Å². The van der Waals surface area contributed by atoms with Gasteiger partial charge in [-0.05, 0) is 50.1 Å². The molecule has 3 rings (SSSR count). The molecule has 0 saturated heterocycles. The van der Waals surface area contributed by atoms with Crippen molar-refractivity contribution in [2.75, 3.05) is 13.7 Å². The van der Waals surface area contributed by atoms with Crippen LogP contribution in [-0.2, 0) is 16.0 Å². The maximum Gasteiger partial charge on any atom is 0.361 e. The van der Waals surface area contributed by atoms with E-state index in [1.807, 2.05) is 54.6 Å². The lowest BCUT2D eigenvalue weighted by molar-refractivity contribution is -0.129. The van der Waals surface area contributed by atoms with Crippen molar-refractivity contribution in [3.63, 3.8) is 0 Å². The lowest BCUT2D eigenvalue weighted by Crippen LogP contribution is -2.37. The van der Waals surface area contributed by atoms with E-state index in [0.717, 1.165) is 16.9 Å². The van der Waals surface area contributed by atoms with Crippen molar-refractivity contribution in [1.29, 1.82) is 0 Å². The molecule has 0 spiro atoms. The van der Waals surface area contributed by atoms with Gasteiger partial charge in [0.15, 0.2) is 11.8 Å². The van der Waals surface area contributed by atoms with Crippen LogP contribution in [0.2, 0.25) is 0 Å². The number of nitrogens with zero attached hydrogens (tertiary/aromatic N) is 1. The van der Waals surface area contributed by atoms with E-state index in [1.165, 1.54) is 6.92 Å². The normalized spacial score (nSPS) is 11.6. The Kier molecular flexibility index (Phi) is 6.85. The highest BCUT2D eigenvalue weighted by Crippen LogP contribution is 2.22. The predicted molar refractivity (Wildman–Crippen MR) is 111 cm³/mol. The number of nitrogens with one attached hydrogen (secondary N) is 1. The lowest BCUT2D eigenvalue weighted by Gasteiger charge is -2.13. The lowest BCUT2D eigenvalue weighted by atomic mass is 10.1. The van der Waals surface area contributed by atoms with Crippen molar-refractivity contribution in [3.8, 4) is 17.2 Å². The smallest absolute Gasteiger partial charge is 0.361 e. The van der Waals surface area contributed by atoms with Crippen LogP contribution < -0.4 is 10.1 Å². The quantitative estimate of drug-likeness (QED) is 0.573. The van der Waals surface area contributed by atoms with Crippen LogP contribution in [0.4, 0.5) is 0 Å². The van der Waals surface area contributed by atoms with E-state index < -0.39 is 12.1 Å². The summed E-state index contributed by atoms with van der Waals surface area (Å²) in [5.41, 5.74) is 1.88. The monoisotopic (exact) mass is 408 g/mol. The molecule has 7 nitrogen and oxygen atoms in total. The van der Waals surface area contributed by atoms with Gasteiger partial charge in [0.05, 0.1) is 7.11 Å². The van der Waals surface area contributed by atoms with Gasteiger partial charge in [-0.25, -0.2) is 9.78 Å². The zero-order chi connectivity index (χ0) is 21.5. The summed E-state index contributed by atoms with van der Waals surface area (Å²) in [6.07, 6.45) is -0.302. The van der Waals surface area contributed by atoms with Crippen LogP contribution in [0.15, 0.2) is 59.0 Å². The summed E-state index contributed by atoms with van der Waals surface area (Å²) in [5, 5.41) is 2.77. The average molecular weight is 408 g/mol. The molecule has 1 atom stereocenters. The fourth-order valence-corrected chi connectivity index (χ4v) is 2.83. The van der Waals surface area contributed by atoms with Crippen molar-refractivity contribution in [3.05, 3.63) is 71.6 Å². The molecule has 1 aromatic heterocycles. The molecule has 7 heteroatoms. The number of aromatic nitrogens is 1. The molecule has 0 aliphatic heterocycles. The molecular formula is C23H24N2O5. The molecule has 0 aliphatic rings. The topological polar surface area (TPSA) is 90.7 Å². The second kappa shape index (κ2) is 9.73. The number of amides is 1. The first kappa shape index (κ1) is 21.1. The van der Waals surface area contributed by atoms with Crippen LogP contribution in [0, 0.1) is 6.92 Å². The summed E-state index contributed by atoms with van der Waals surface area (Å²) in [4.78, 5) is 28.9. The Labute approximate surface area is 175 Å². The fraction of sp³-hybridized carbons (Fsp3) is 0.261. The molecule has 2 aromatic carbocycles. The first-order chi connectivity index (χ1) is 14.5. The number of methoxy groups -OCH3 is 1. The van der Waals surface area contributed by atoms with E-state index in [-0.39, 0.29) is 11.6 Å². The second-order valence-corrected chi connectivity index (χ2v) is 6.73. The minimum atomic E-state index is -0.954. The van der Waals surface area contributed by atoms with Crippen LogP contribution in [0.3, 0.4) is 0 Å². The van der Waals surface area contributed by atoms with Crippen molar-refractivity contribution >= 4 is 11.9 Å². The molecule has 30 heavy (non-hydrogen) atoms. The molecule has 0 bridgehead atoms. The SMILES string of the molecule is COc1ccc(CCNC(=O)[C@H](C)OC(=O)c2nc(-c3ccccc3)oc2C)cc1. The van der Waals surface area contributed by atoms with E-state index in [4.69, 9.17) is 13.9 Å². The second-order valence-electron chi connectivity index (χ2n) is 6.73. The van der Waals surface area contributed by atoms with Gasteiger partial charge in [-0.2, -0.15) is 0 Å². The number of ether oxygens (including phenoxy) is 2. The number of esters is 1. The van der Waals surface area contributed by atoms with Gasteiger partial charge in [0, 0.05) is 12.1 Å². The number of hydrogen-bond donors (Lipinski definition) is 1. The maximum atomic E-state index is 12.4. The summed E-state index contributed by atoms with van der Waals surface area (Å²) < 4.78 is 16.0. The number of hydrogen-bond acceptors (Lipinski definition) is 6. The molecular weight excluding hydrogens is 384 g/mol. The van der Waals surface area contributed by atoms with E-state index in [2.05, 4.69) is 10.3 Å². The van der Waals surface area contributed by atoms with Crippen molar-refractivity contribution in [2.45, 2.75) is 26.4 Å². The van der Waals surface area contributed by atoms with Gasteiger partial charge < -0.3 is 19.2 Å². The third-order valence-corrected chi connectivity index (χ3v) is 4.54. The van der Waals surface area contributed by atoms with Gasteiger partial charge in [0.1, 0.15) is 11.5 Å². The predicted octanol–water partition coefficient (Wildman–Crippen LogP) is 3.56. The Morgan fingerprint density at radius 1 is 1.10 bits per heavy atom. The van der Waals surface area contributed by atoms with E-state index in [9.17, 15) is 9.59 Å². The van der Waals surface area contributed by atoms with Crippen LogP contribution in [0.5, 0.6) is 5.75 Å². The molecule has 0 saturated carbocycles. The average Bonchev–Trinajstić information content (AvgIpc) is 3.16. The molecule has 0 fully saturated rings. The molecule has 156 valence electrons. The highest BCUT2D eigenvalue weighted by molar-refractivity contribution is 5.91. The van der Waals surface area contributed by atoms with Gasteiger partial charge in [-0.3, -0.25) is 4.79 Å². The van der Waals surface area contributed by atoms with E-state index in [0.29, 0.717) is 24.6 Å². The van der Waals surface area contributed by atoms with Crippen molar-refractivity contribution < 1.29 is 23.5 Å². The van der Waals surface area contributed by atoms with Crippen LogP contribution in [0.1, 0.15) is 28.7 Å². The number of carbonyl (C=O) groups is 2. The third-order valence-electron chi connectivity index (χ3n) is 4.54. The molecule has 1 heterocycles. The highest BCUT2D eigenvalue weighted by atomic mass is 16.5. The van der Waals surface area contributed by atoms with Gasteiger partial charge >= 0.3 is 5.97 Å². The maximum absolute atomic E-state index is 12.4. The highest BCUT2D eigenvalue weighted by Gasteiger charge is 2.24. The van der Waals surface area contributed by atoms with E-state index in [1.54, 1.807) is 14.0 Å². The first-order valence-electron chi connectivity index (χ1n) is 9.62. The van der Waals surface area contributed by atoms with Gasteiger partial charge in [-0.1, -0.05) is 30.3 Å². The van der Waals surface area contributed by atoms with E-state index >= 15 is 0 Å². The molecule has 1 N–H and O–H groups in total. The number of aryl methyl sites for hydroxylation is 1. The standard InChI is InChI=1S/C23H24N2O5/c1-15-20(25-22(29-15)18-7-5-4-6-8-18)23(27)30-16(2)21(26)24-14-13-17-9-11-19(28-3)12-10-17/h4-12,16H,13-14H2,1-3H3,(H,24,26)/t16-/m0/s1. The summed E-state index contributed by atoms with van der Waals surface area (Å²) >= 11 is 0. The van der Waals surface area contributed by atoms with Crippen molar-refractivity contribution in [2.24, 2.45) is 0 Å². The Balaban J connectivity index is 1.52. The summed E-state index contributed by atoms with van der Waals surface area (Å²) in [5.74, 6) is 0.377. The van der Waals surface area contributed by atoms with Gasteiger partial charge in [-0.15, -0.1) is 0 Å². The molecule has 0 radical (unpaired) electrons. The summed E-state index contributed by atoms with van der Waals surface area (Å²) in [6.45, 7) is 3.58. The van der Waals surface area contributed by atoms with Crippen molar-refractivity contribution in [1.82, 2.24) is 10.3 Å². The molecule has 0 aliphatic carbocycles.